The zero-order valence-corrected chi connectivity index (χ0v) is 11.3. The molecule has 2 N–H and O–H groups in total. The van der Waals surface area contributed by atoms with Crippen LogP contribution in [0, 0.1) is 11.7 Å². The topological polar surface area (TPSA) is 57.4 Å². The highest BCUT2D eigenvalue weighted by Gasteiger charge is 2.13. The summed E-state index contributed by atoms with van der Waals surface area (Å²) in [6, 6.07) is 4.10. The summed E-state index contributed by atoms with van der Waals surface area (Å²) < 4.78 is 0.463. The number of nitrogens with one attached hydrogen (secondary N) is 2. The summed E-state index contributed by atoms with van der Waals surface area (Å²) in [5.41, 5.74) is 0.969. The quantitative estimate of drug-likeness (QED) is 0.705. The van der Waals surface area contributed by atoms with Gasteiger partial charge in [0.2, 0.25) is 4.77 Å². The molecule has 7 heteroatoms. The van der Waals surface area contributed by atoms with Crippen LogP contribution in [0.15, 0.2) is 17.5 Å². The molecular weight excluding hydrogens is 272 g/mol. The third kappa shape index (κ3) is 1.97. The maximum atomic E-state index is 4.95. The molecule has 0 atom stereocenters. The van der Waals surface area contributed by atoms with Crippen LogP contribution in [-0.4, -0.2) is 20.2 Å². The average molecular weight is 280 g/mol. The van der Waals surface area contributed by atoms with Gasteiger partial charge in [-0.1, -0.05) is 6.07 Å². The number of thiophene rings is 1. The van der Waals surface area contributed by atoms with Gasteiger partial charge in [-0.3, -0.25) is 10.2 Å². The lowest BCUT2D eigenvalue weighted by molar-refractivity contribution is 1.08. The highest BCUT2D eigenvalue weighted by Crippen LogP contribution is 2.35. The van der Waals surface area contributed by atoms with Crippen LogP contribution in [0.5, 0.6) is 0 Å². The summed E-state index contributed by atoms with van der Waals surface area (Å²) in [4.78, 5) is 11.0. The van der Waals surface area contributed by atoms with E-state index >= 15 is 0 Å². The summed E-state index contributed by atoms with van der Waals surface area (Å²) >= 11 is 8.26. The number of aryl methyl sites for hydroxylation is 1. The summed E-state index contributed by atoms with van der Waals surface area (Å²) in [6.45, 7) is 1.98. The number of aromatic amines is 2. The number of rotatable bonds is 2. The second-order valence-corrected chi connectivity index (χ2v) is 5.76. The number of nitrogens with zero attached hydrogens (tertiary/aromatic N) is 2. The first-order valence-electron chi connectivity index (χ1n) is 4.90. The lowest BCUT2D eigenvalue weighted by Gasteiger charge is -1.88. The molecule has 0 radical (unpaired) electrons. The van der Waals surface area contributed by atoms with E-state index in [1.807, 2.05) is 18.4 Å². The van der Waals surface area contributed by atoms with Crippen molar-refractivity contribution in [3.05, 3.63) is 28.0 Å². The van der Waals surface area contributed by atoms with E-state index in [0.29, 0.717) is 4.77 Å². The van der Waals surface area contributed by atoms with Crippen molar-refractivity contribution in [3.8, 4) is 20.6 Å². The highest BCUT2D eigenvalue weighted by molar-refractivity contribution is 7.71. The fourth-order valence-electron chi connectivity index (χ4n) is 1.50. The molecular formula is C10H8N4S3. The fraction of sp³-hybridized carbons (Fsp3) is 0.100. The molecule has 0 saturated carbocycles. The van der Waals surface area contributed by atoms with E-state index in [-0.39, 0.29) is 0 Å². The van der Waals surface area contributed by atoms with E-state index in [2.05, 4.69) is 26.2 Å². The molecule has 0 unspecified atom stereocenters. The number of hydrogen-bond donors (Lipinski definition) is 2. The van der Waals surface area contributed by atoms with Crippen LogP contribution in [-0.2, 0) is 0 Å². The maximum absolute atomic E-state index is 4.95. The van der Waals surface area contributed by atoms with Crippen molar-refractivity contribution < 1.29 is 0 Å². The van der Waals surface area contributed by atoms with Gasteiger partial charge in [-0.2, -0.15) is 4.98 Å². The molecule has 0 aromatic carbocycles. The lowest BCUT2D eigenvalue weighted by Crippen LogP contribution is -1.80. The first-order valence-corrected chi connectivity index (χ1v) is 7.01. The average Bonchev–Trinajstić information content (AvgIpc) is 2.97. The minimum Gasteiger partial charge on any atom is -0.281 e. The van der Waals surface area contributed by atoms with Crippen LogP contribution in [0.2, 0.25) is 0 Å². The zero-order valence-electron chi connectivity index (χ0n) is 8.85. The van der Waals surface area contributed by atoms with E-state index in [0.717, 1.165) is 21.4 Å². The van der Waals surface area contributed by atoms with Crippen molar-refractivity contribution in [1.29, 1.82) is 0 Å². The molecule has 86 valence electrons. The van der Waals surface area contributed by atoms with Crippen LogP contribution in [0.25, 0.3) is 20.6 Å². The van der Waals surface area contributed by atoms with Crippen molar-refractivity contribution in [2.75, 3.05) is 0 Å². The Bertz CT molecular complexity index is 689. The standard InChI is InChI=1S/C10H8N4S3/c1-5-7(8-12-10(15)14-13-8)17-9(11-5)6-3-2-4-16-6/h2-4H,1H3,(H2,12,13,14,15). The second-order valence-electron chi connectivity index (χ2n) is 3.43. The third-order valence-electron chi connectivity index (χ3n) is 2.24. The Kier molecular flexibility index (Phi) is 2.65. The van der Waals surface area contributed by atoms with E-state index in [4.69, 9.17) is 12.2 Å². The van der Waals surface area contributed by atoms with Crippen LogP contribution >= 0.6 is 34.9 Å². The molecule has 4 nitrogen and oxygen atoms in total. The smallest absolute Gasteiger partial charge is 0.213 e. The molecule has 0 amide bonds. The summed E-state index contributed by atoms with van der Waals surface area (Å²) in [5.74, 6) is 0.757. The molecule has 3 aromatic rings. The number of aromatic nitrogens is 4. The second kappa shape index (κ2) is 4.17. The Balaban J connectivity index is 2.10. The zero-order chi connectivity index (χ0) is 11.8. The molecule has 3 rings (SSSR count). The van der Waals surface area contributed by atoms with E-state index < -0.39 is 0 Å². The molecule has 0 fully saturated rings. The van der Waals surface area contributed by atoms with Gasteiger partial charge in [0.15, 0.2) is 5.82 Å². The highest BCUT2D eigenvalue weighted by atomic mass is 32.1. The van der Waals surface area contributed by atoms with Gasteiger partial charge in [-0.25, -0.2) is 4.98 Å². The molecule has 0 bridgehead atoms. The molecule has 0 aliphatic carbocycles. The van der Waals surface area contributed by atoms with Gasteiger partial charge in [0.25, 0.3) is 0 Å². The Morgan fingerprint density at radius 1 is 1.29 bits per heavy atom. The normalized spacial score (nSPS) is 10.9. The van der Waals surface area contributed by atoms with Gasteiger partial charge in [0.1, 0.15) is 5.01 Å². The Morgan fingerprint density at radius 2 is 2.18 bits per heavy atom. The van der Waals surface area contributed by atoms with Gasteiger partial charge in [0.05, 0.1) is 15.4 Å². The first-order chi connectivity index (χ1) is 8.24. The van der Waals surface area contributed by atoms with Crippen molar-refractivity contribution in [2.24, 2.45) is 0 Å². The van der Waals surface area contributed by atoms with Crippen molar-refractivity contribution >= 4 is 34.9 Å². The minimum absolute atomic E-state index is 0.463. The molecule has 3 aromatic heterocycles. The third-order valence-corrected chi connectivity index (χ3v) is 4.64. The van der Waals surface area contributed by atoms with Crippen molar-refractivity contribution in [2.45, 2.75) is 6.92 Å². The number of H-pyrrole nitrogens is 2. The molecule has 0 aliphatic rings. The van der Waals surface area contributed by atoms with Gasteiger partial charge in [-0.15, -0.1) is 22.7 Å². The van der Waals surface area contributed by atoms with E-state index in [1.54, 1.807) is 22.7 Å². The SMILES string of the molecule is Cc1nc(-c2cccs2)sc1-c1nc(=S)[nH][nH]1. The Labute approximate surface area is 110 Å². The molecule has 0 spiro atoms. The van der Waals surface area contributed by atoms with Crippen molar-refractivity contribution in [1.82, 2.24) is 20.2 Å². The predicted octanol–water partition coefficient (Wildman–Crippen LogP) is 3.63. The summed E-state index contributed by atoms with van der Waals surface area (Å²) in [6.07, 6.45) is 0. The van der Waals surface area contributed by atoms with Crippen molar-refractivity contribution in [3.63, 3.8) is 0 Å². The molecule has 3 heterocycles. The first kappa shape index (κ1) is 10.8. The largest absolute Gasteiger partial charge is 0.281 e. The van der Waals surface area contributed by atoms with Crippen LogP contribution < -0.4 is 0 Å². The van der Waals surface area contributed by atoms with E-state index in [9.17, 15) is 0 Å². The van der Waals surface area contributed by atoms with Gasteiger partial charge >= 0.3 is 0 Å². The van der Waals surface area contributed by atoms with Gasteiger partial charge in [-0.05, 0) is 30.6 Å². The molecule has 0 aliphatic heterocycles. The van der Waals surface area contributed by atoms with Gasteiger partial charge in [0, 0.05) is 0 Å². The fourth-order valence-corrected chi connectivity index (χ4v) is 3.45. The minimum atomic E-state index is 0.463. The number of thiazole rings is 1. The molecule has 17 heavy (non-hydrogen) atoms. The monoisotopic (exact) mass is 280 g/mol. The predicted molar refractivity (Wildman–Crippen MR) is 72.9 cm³/mol. The Morgan fingerprint density at radius 3 is 2.82 bits per heavy atom. The van der Waals surface area contributed by atoms with E-state index in [1.165, 1.54) is 4.88 Å². The maximum Gasteiger partial charge on any atom is 0.213 e. The van der Waals surface area contributed by atoms with Crippen LogP contribution in [0.3, 0.4) is 0 Å². The van der Waals surface area contributed by atoms with Gasteiger partial charge < -0.3 is 0 Å². The Hall–Kier alpha value is -1.31. The summed E-state index contributed by atoms with van der Waals surface area (Å²) in [5, 5.41) is 8.83. The van der Waals surface area contributed by atoms with Crippen LogP contribution in [0.4, 0.5) is 0 Å². The van der Waals surface area contributed by atoms with Crippen LogP contribution in [0.1, 0.15) is 5.69 Å². The number of hydrogen-bond acceptors (Lipinski definition) is 5. The molecule has 0 saturated heterocycles. The lowest BCUT2D eigenvalue weighted by atomic mass is 10.4. The summed E-state index contributed by atoms with van der Waals surface area (Å²) in [7, 11) is 0.